The smallest absolute Gasteiger partial charge is 0.306 e. The van der Waals surface area contributed by atoms with Gasteiger partial charge in [-0.2, -0.15) is 0 Å². The number of hydrogen-bond donors (Lipinski definition) is 2. The molecule has 136 valence electrons. The highest BCUT2D eigenvalue weighted by Crippen LogP contribution is 2.41. The minimum absolute atomic E-state index is 0.00514. The van der Waals surface area contributed by atoms with E-state index in [4.69, 9.17) is 0 Å². The minimum Gasteiger partial charge on any atom is -0.506 e. The van der Waals surface area contributed by atoms with Crippen molar-refractivity contribution in [2.45, 2.75) is 19.8 Å². The van der Waals surface area contributed by atoms with E-state index in [2.05, 4.69) is 5.32 Å². The van der Waals surface area contributed by atoms with Crippen molar-refractivity contribution in [1.82, 2.24) is 0 Å². The molecule has 0 fully saturated rings. The molecule has 0 atom stereocenters. The third-order valence-corrected chi connectivity index (χ3v) is 3.63. The van der Waals surface area contributed by atoms with Gasteiger partial charge in [0.25, 0.3) is 5.69 Å². The van der Waals surface area contributed by atoms with E-state index in [1.165, 1.54) is 12.1 Å². The lowest BCUT2D eigenvalue weighted by Gasteiger charge is -2.12. The number of phenols is 1. The van der Waals surface area contributed by atoms with Gasteiger partial charge in [-0.1, -0.05) is 19.9 Å². The Morgan fingerprint density at radius 2 is 1.46 bits per heavy atom. The number of anilines is 2. The predicted octanol–water partition coefficient (Wildman–Crippen LogP) is 3.98. The number of nitro benzene ring substituents is 3. The van der Waals surface area contributed by atoms with Gasteiger partial charge >= 0.3 is 11.4 Å². The number of non-ortho nitro benzene ring substituents is 1. The molecule has 0 radical (unpaired) electrons. The molecule has 2 aromatic rings. The van der Waals surface area contributed by atoms with Gasteiger partial charge < -0.3 is 10.4 Å². The van der Waals surface area contributed by atoms with Crippen molar-refractivity contribution in [3.05, 3.63) is 66.2 Å². The van der Waals surface area contributed by atoms with Crippen LogP contribution in [0.25, 0.3) is 0 Å². The van der Waals surface area contributed by atoms with Crippen molar-refractivity contribution >= 4 is 28.4 Å². The highest BCUT2D eigenvalue weighted by molar-refractivity contribution is 5.82. The summed E-state index contributed by atoms with van der Waals surface area (Å²) in [5, 5.41) is 45.9. The van der Waals surface area contributed by atoms with Gasteiger partial charge in [-0.05, 0) is 23.6 Å². The molecule has 2 rings (SSSR count). The average Bonchev–Trinajstić information content (AvgIpc) is 2.55. The topological polar surface area (TPSA) is 162 Å². The Bertz CT molecular complexity index is 876. The van der Waals surface area contributed by atoms with E-state index in [-0.39, 0.29) is 17.4 Å². The van der Waals surface area contributed by atoms with Crippen LogP contribution in [-0.2, 0) is 0 Å². The summed E-state index contributed by atoms with van der Waals surface area (Å²) in [5.41, 5.74) is -2.25. The monoisotopic (exact) mass is 362 g/mol. The van der Waals surface area contributed by atoms with Gasteiger partial charge in [0.15, 0.2) is 5.69 Å². The summed E-state index contributed by atoms with van der Waals surface area (Å²) in [6.45, 7) is 3.79. The van der Waals surface area contributed by atoms with Crippen LogP contribution in [0, 0.1) is 30.3 Å². The number of phenolic OH excluding ortho intramolecular Hbond substituents is 1. The summed E-state index contributed by atoms with van der Waals surface area (Å²) in [5.74, 6) is -0.156. The first-order valence-electron chi connectivity index (χ1n) is 7.33. The van der Waals surface area contributed by atoms with Crippen LogP contribution in [0.2, 0.25) is 0 Å². The molecule has 0 heterocycles. The molecule has 11 heteroatoms. The van der Waals surface area contributed by atoms with Crippen molar-refractivity contribution in [1.29, 1.82) is 0 Å². The van der Waals surface area contributed by atoms with E-state index >= 15 is 0 Å². The van der Waals surface area contributed by atoms with Gasteiger partial charge in [0.1, 0.15) is 5.75 Å². The number of aromatic hydroxyl groups is 1. The Morgan fingerprint density at radius 1 is 0.923 bits per heavy atom. The second-order valence-corrected chi connectivity index (χ2v) is 5.69. The largest absolute Gasteiger partial charge is 0.506 e. The summed E-state index contributed by atoms with van der Waals surface area (Å²) in [6.07, 6.45) is 0. The van der Waals surface area contributed by atoms with Crippen molar-refractivity contribution in [3.63, 3.8) is 0 Å². The first kappa shape index (κ1) is 18.6. The number of nitro groups is 3. The molecule has 0 saturated heterocycles. The molecular formula is C15H14N4O7. The molecule has 0 spiro atoms. The van der Waals surface area contributed by atoms with Gasteiger partial charge in [0, 0.05) is 0 Å². The van der Waals surface area contributed by atoms with E-state index in [1.54, 1.807) is 6.07 Å². The lowest BCUT2D eigenvalue weighted by molar-refractivity contribution is -0.401. The summed E-state index contributed by atoms with van der Waals surface area (Å²) < 4.78 is 0. The molecule has 0 unspecified atom stereocenters. The summed E-state index contributed by atoms with van der Waals surface area (Å²) in [7, 11) is 0. The maximum Gasteiger partial charge on any atom is 0.306 e. The highest BCUT2D eigenvalue weighted by Gasteiger charge is 2.31. The molecule has 2 aromatic carbocycles. The van der Waals surface area contributed by atoms with Crippen LogP contribution < -0.4 is 5.32 Å². The molecule has 2 N–H and O–H groups in total. The standard InChI is InChI=1S/C15H14N4O7/c1-8(2)9-3-4-11(14(20)5-9)16-15-12(18(23)24)6-10(17(21)22)7-13(15)19(25)26/h3-8,16,20H,1-2H3. The van der Waals surface area contributed by atoms with Crippen LogP contribution in [0.15, 0.2) is 30.3 Å². The van der Waals surface area contributed by atoms with Crippen molar-refractivity contribution in [2.75, 3.05) is 5.32 Å². The van der Waals surface area contributed by atoms with Crippen LogP contribution in [0.3, 0.4) is 0 Å². The lowest BCUT2D eigenvalue weighted by atomic mass is 10.0. The molecule has 0 saturated carbocycles. The second kappa shape index (κ2) is 7.01. The van der Waals surface area contributed by atoms with E-state index in [0.29, 0.717) is 12.1 Å². The Hall–Kier alpha value is -3.76. The van der Waals surface area contributed by atoms with Crippen molar-refractivity contribution < 1.29 is 19.9 Å². The number of benzene rings is 2. The fourth-order valence-corrected chi connectivity index (χ4v) is 2.27. The van der Waals surface area contributed by atoms with Crippen LogP contribution in [0.4, 0.5) is 28.4 Å². The fourth-order valence-electron chi connectivity index (χ4n) is 2.27. The molecule has 26 heavy (non-hydrogen) atoms. The second-order valence-electron chi connectivity index (χ2n) is 5.69. The normalized spacial score (nSPS) is 10.6. The van der Waals surface area contributed by atoms with Gasteiger partial charge in [-0.15, -0.1) is 0 Å². The van der Waals surface area contributed by atoms with Crippen molar-refractivity contribution in [2.24, 2.45) is 0 Å². The predicted molar refractivity (Wildman–Crippen MR) is 91.9 cm³/mol. The van der Waals surface area contributed by atoms with E-state index in [0.717, 1.165) is 5.56 Å². The van der Waals surface area contributed by atoms with Crippen LogP contribution in [0.1, 0.15) is 25.3 Å². The van der Waals surface area contributed by atoms with Gasteiger partial charge in [0.2, 0.25) is 0 Å². The molecule has 0 aliphatic carbocycles. The Labute approximate surface area is 146 Å². The van der Waals surface area contributed by atoms with Crippen molar-refractivity contribution in [3.8, 4) is 5.75 Å². The quantitative estimate of drug-likeness (QED) is 0.443. The lowest BCUT2D eigenvalue weighted by Crippen LogP contribution is -2.04. The highest BCUT2D eigenvalue weighted by atomic mass is 16.6. The van der Waals surface area contributed by atoms with Gasteiger partial charge in [-0.25, -0.2) is 0 Å². The molecular weight excluding hydrogens is 348 g/mol. The summed E-state index contributed by atoms with van der Waals surface area (Å²) >= 11 is 0. The Balaban J connectivity index is 2.63. The van der Waals surface area contributed by atoms with E-state index < -0.39 is 37.5 Å². The maximum absolute atomic E-state index is 11.2. The first-order valence-corrected chi connectivity index (χ1v) is 7.33. The fraction of sp³-hybridized carbons (Fsp3) is 0.200. The molecule has 0 amide bonds. The SMILES string of the molecule is CC(C)c1ccc(Nc2c([N+](=O)[O-])cc([N+](=O)[O-])cc2[N+](=O)[O-])c(O)c1. The zero-order valence-corrected chi connectivity index (χ0v) is 13.7. The first-order chi connectivity index (χ1) is 12.1. The minimum atomic E-state index is -0.970. The molecule has 0 aliphatic rings. The van der Waals surface area contributed by atoms with Gasteiger partial charge in [-0.3, -0.25) is 30.3 Å². The van der Waals surface area contributed by atoms with Gasteiger partial charge in [0.05, 0.1) is 32.6 Å². The number of nitrogens with zero attached hydrogens (tertiary/aromatic N) is 3. The van der Waals surface area contributed by atoms with Crippen LogP contribution in [-0.4, -0.2) is 19.9 Å². The average molecular weight is 362 g/mol. The third-order valence-electron chi connectivity index (χ3n) is 3.63. The zero-order valence-electron chi connectivity index (χ0n) is 13.7. The maximum atomic E-state index is 11.2. The van der Waals surface area contributed by atoms with E-state index in [1.807, 2.05) is 13.8 Å². The molecule has 0 bridgehead atoms. The molecule has 0 aliphatic heterocycles. The number of hydrogen-bond acceptors (Lipinski definition) is 8. The van der Waals surface area contributed by atoms with Crippen LogP contribution >= 0.6 is 0 Å². The summed E-state index contributed by atoms with van der Waals surface area (Å²) in [6, 6.07) is 5.73. The zero-order chi connectivity index (χ0) is 19.6. The Kier molecular flexibility index (Phi) is 5.01. The summed E-state index contributed by atoms with van der Waals surface area (Å²) in [4.78, 5) is 30.5. The number of nitrogens with one attached hydrogen (secondary N) is 1. The molecule has 0 aromatic heterocycles. The Morgan fingerprint density at radius 3 is 1.85 bits per heavy atom. The molecule has 11 nitrogen and oxygen atoms in total. The number of rotatable bonds is 6. The van der Waals surface area contributed by atoms with Crippen LogP contribution in [0.5, 0.6) is 5.75 Å². The van der Waals surface area contributed by atoms with E-state index in [9.17, 15) is 35.4 Å². The third kappa shape index (κ3) is 3.66.